The third-order valence-electron chi connectivity index (χ3n) is 13.6. The third-order valence-corrected chi connectivity index (χ3v) is 14.7. The van der Waals surface area contributed by atoms with Crippen LogP contribution in [0, 0.1) is 0 Å². The monoisotopic (exact) mass is 901 g/mol. The molecule has 7 nitrogen and oxygen atoms in total. The van der Waals surface area contributed by atoms with E-state index in [-0.39, 0.29) is 0 Å². The highest BCUT2D eigenvalue weighted by atomic mass is 32.1. The number of rotatable bonds is 6. The Hall–Kier alpha value is -9.11. The molecule has 69 heavy (non-hydrogen) atoms. The molecule has 0 aliphatic carbocycles. The number of nitrogens with zero attached hydrogens (tertiary/aromatic N) is 5. The van der Waals surface area contributed by atoms with E-state index < -0.39 is 0 Å². The standard InChI is InChI=1S/C61H35N5O2S/c1-3-11-38-29-42-31-44(19-17-40(42)27-36(38)9-1)65(46-21-23-50-48-13-5-7-15-53(48)67-55(50)33-46)58-26-25-52-60-57(69-61(52)62-58)35-59(63-64-60)66(47-22-24-51-49-14-6-8-16-54(49)68-56(51)34-47)45-20-18-41-28-37-10-2-4-12-39(37)30-43(41)32-45/h1-35H. The number of aromatic nitrogens is 3. The fraction of sp³-hybridized carbons (Fsp3) is 0. The third kappa shape index (κ3) is 6.09. The highest BCUT2D eigenvalue weighted by molar-refractivity contribution is 7.25. The number of furan rings is 2. The van der Waals surface area contributed by atoms with Gasteiger partial charge in [-0.2, -0.15) is 0 Å². The second kappa shape index (κ2) is 14.7. The maximum atomic E-state index is 6.44. The Bertz CT molecular complexity index is 4320. The van der Waals surface area contributed by atoms with Crippen LogP contribution in [0.1, 0.15) is 0 Å². The van der Waals surface area contributed by atoms with Gasteiger partial charge in [-0.25, -0.2) is 4.98 Å². The van der Waals surface area contributed by atoms with Crippen molar-refractivity contribution in [1.29, 1.82) is 0 Å². The number of thiophene rings is 1. The molecule has 8 heteroatoms. The summed E-state index contributed by atoms with van der Waals surface area (Å²) in [6, 6.07) is 74.9. The summed E-state index contributed by atoms with van der Waals surface area (Å²) >= 11 is 1.62. The first-order valence-corrected chi connectivity index (χ1v) is 23.8. The predicted octanol–water partition coefficient (Wildman–Crippen LogP) is 17.6. The Morgan fingerprint density at radius 3 is 1.32 bits per heavy atom. The lowest BCUT2D eigenvalue weighted by atomic mass is 10.0. The fourth-order valence-electron chi connectivity index (χ4n) is 10.3. The van der Waals surface area contributed by atoms with Crippen molar-refractivity contribution in [3.63, 3.8) is 0 Å². The number of hydrogen-bond donors (Lipinski definition) is 0. The molecule has 15 aromatic rings. The van der Waals surface area contributed by atoms with Crippen LogP contribution in [0.4, 0.5) is 34.4 Å². The van der Waals surface area contributed by atoms with E-state index in [1.807, 2.05) is 30.3 Å². The van der Waals surface area contributed by atoms with Gasteiger partial charge in [-0.1, -0.05) is 97.1 Å². The van der Waals surface area contributed by atoms with E-state index in [9.17, 15) is 0 Å². The zero-order valence-corrected chi connectivity index (χ0v) is 37.5. The molecular formula is C61H35N5O2S. The van der Waals surface area contributed by atoms with Crippen molar-refractivity contribution in [3.8, 4) is 0 Å². The van der Waals surface area contributed by atoms with E-state index >= 15 is 0 Å². The Morgan fingerprint density at radius 2 is 0.754 bits per heavy atom. The summed E-state index contributed by atoms with van der Waals surface area (Å²) in [4.78, 5) is 10.7. The van der Waals surface area contributed by atoms with Crippen molar-refractivity contribution >= 4 is 153 Å². The van der Waals surface area contributed by atoms with Gasteiger partial charge in [0.1, 0.15) is 38.5 Å². The molecule has 322 valence electrons. The van der Waals surface area contributed by atoms with Crippen LogP contribution in [0.25, 0.3) is 107 Å². The lowest BCUT2D eigenvalue weighted by Gasteiger charge is -2.24. The zero-order valence-electron chi connectivity index (χ0n) is 36.7. The van der Waals surface area contributed by atoms with Gasteiger partial charge < -0.3 is 8.83 Å². The first-order chi connectivity index (χ1) is 34.1. The predicted molar refractivity (Wildman–Crippen MR) is 287 cm³/mol. The first kappa shape index (κ1) is 38.0. The van der Waals surface area contributed by atoms with Gasteiger partial charge >= 0.3 is 0 Å². The van der Waals surface area contributed by atoms with Crippen LogP contribution < -0.4 is 9.80 Å². The molecule has 0 amide bonds. The summed E-state index contributed by atoms with van der Waals surface area (Å²) in [5.74, 6) is 1.47. The number of hydrogen-bond acceptors (Lipinski definition) is 8. The Balaban J connectivity index is 0.887. The van der Waals surface area contributed by atoms with E-state index in [0.29, 0.717) is 5.82 Å². The van der Waals surface area contributed by atoms with Crippen molar-refractivity contribution < 1.29 is 8.83 Å². The van der Waals surface area contributed by atoms with Crippen LogP contribution in [-0.2, 0) is 0 Å². The van der Waals surface area contributed by atoms with Crippen LogP contribution in [0.15, 0.2) is 221 Å². The number of para-hydroxylation sites is 2. The van der Waals surface area contributed by atoms with Gasteiger partial charge in [-0.05, 0) is 140 Å². The van der Waals surface area contributed by atoms with Crippen molar-refractivity contribution in [2.45, 2.75) is 0 Å². The van der Waals surface area contributed by atoms with Crippen molar-refractivity contribution in [2.24, 2.45) is 0 Å². The van der Waals surface area contributed by atoms with Crippen LogP contribution >= 0.6 is 11.3 Å². The van der Waals surface area contributed by atoms with E-state index in [1.54, 1.807) is 11.3 Å². The van der Waals surface area contributed by atoms with Crippen LogP contribution in [0.5, 0.6) is 0 Å². The molecule has 0 saturated carbocycles. The molecule has 10 aromatic carbocycles. The zero-order chi connectivity index (χ0) is 45.2. The van der Waals surface area contributed by atoms with Gasteiger partial charge in [0.15, 0.2) is 5.82 Å². The number of fused-ring (bicyclic) bond motifs is 13. The van der Waals surface area contributed by atoms with E-state index in [0.717, 1.165) is 104 Å². The Kier molecular flexibility index (Phi) is 8.10. The normalized spacial score (nSPS) is 12.1. The molecule has 0 aliphatic rings. The average Bonchev–Trinajstić information content (AvgIpc) is 4.08. The first-order valence-electron chi connectivity index (χ1n) is 23.0. The molecule has 0 spiro atoms. The van der Waals surface area contributed by atoms with Gasteiger partial charge in [0, 0.05) is 56.5 Å². The molecular weight excluding hydrogens is 867 g/mol. The van der Waals surface area contributed by atoms with Gasteiger partial charge in [0.25, 0.3) is 0 Å². The molecule has 0 saturated heterocycles. The van der Waals surface area contributed by atoms with Gasteiger partial charge in [-0.3, -0.25) is 9.80 Å². The summed E-state index contributed by atoms with van der Waals surface area (Å²) in [5, 5.41) is 24.7. The smallest absolute Gasteiger partial charge is 0.161 e. The summed E-state index contributed by atoms with van der Waals surface area (Å²) < 4.78 is 13.9. The maximum absolute atomic E-state index is 6.44. The molecule has 0 aliphatic heterocycles. The highest BCUT2D eigenvalue weighted by Gasteiger charge is 2.22. The Labute approximate surface area is 397 Å². The van der Waals surface area contributed by atoms with Crippen molar-refractivity contribution in [3.05, 3.63) is 212 Å². The van der Waals surface area contributed by atoms with Gasteiger partial charge in [0.2, 0.25) is 0 Å². The number of pyridine rings is 1. The van der Waals surface area contributed by atoms with Gasteiger partial charge in [-0.15, -0.1) is 21.5 Å². The van der Waals surface area contributed by atoms with Crippen LogP contribution in [0.2, 0.25) is 0 Å². The molecule has 0 fully saturated rings. The van der Waals surface area contributed by atoms with Crippen LogP contribution in [-0.4, -0.2) is 15.2 Å². The summed E-state index contributed by atoms with van der Waals surface area (Å²) in [6.45, 7) is 0. The summed E-state index contributed by atoms with van der Waals surface area (Å²) in [6.07, 6.45) is 0. The molecule has 0 radical (unpaired) electrons. The highest BCUT2D eigenvalue weighted by Crippen LogP contribution is 2.44. The maximum Gasteiger partial charge on any atom is 0.161 e. The summed E-state index contributed by atoms with van der Waals surface area (Å²) in [5.41, 5.74) is 7.96. The Morgan fingerprint density at radius 1 is 0.319 bits per heavy atom. The van der Waals surface area contributed by atoms with E-state index in [2.05, 4.69) is 192 Å². The molecule has 0 atom stereocenters. The topological polar surface area (TPSA) is 71.4 Å². The van der Waals surface area contributed by atoms with Crippen LogP contribution in [0.3, 0.4) is 0 Å². The lowest BCUT2D eigenvalue weighted by molar-refractivity contribution is 0.668. The molecule has 5 heterocycles. The number of anilines is 6. The van der Waals surface area contributed by atoms with Crippen molar-refractivity contribution in [1.82, 2.24) is 15.2 Å². The van der Waals surface area contributed by atoms with Crippen molar-refractivity contribution in [2.75, 3.05) is 9.80 Å². The molecule has 0 unspecified atom stereocenters. The van der Waals surface area contributed by atoms with E-state index in [1.165, 1.54) is 32.3 Å². The lowest BCUT2D eigenvalue weighted by Crippen LogP contribution is -2.12. The van der Waals surface area contributed by atoms with E-state index in [4.69, 9.17) is 24.0 Å². The summed E-state index contributed by atoms with van der Waals surface area (Å²) in [7, 11) is 0. The number of benzene rings is 10. The molecule has 0 bridgehead atoms. The minimum atomic E-state index is 0.689. The van der Waals surface area contributed by atoms with Gasteiger partial charge in [0.05, 0.1) is 16.1 Å². The second-order valence-electron chi connectivity index (χ2n) is 17.7. The molecule has 5 aromatic heterocycles. The second-order valence-corrected chi connectivity index (χ2v) is 18.8. The SMILES string of the molecule is c1ccc2cc3cc(N(c4ccc5c(c4)oc4ccccc45)c4cc5sc6nc(N(c7ccc8cc9ccccc9cc8c7)c7ccc8c(c7)oc7ccccc78)ccc6c5nn4)ccc3cc2c1. The minimum Gasteiger partial charge on any atom is -0.456 e. The quantitative estimate of drug-likeness (QED) is 0.154. The fourth-order valence-corrected chi connectivity index (χ4v) is 11.4. The molecule has 15 rings (SSSR count). The molecule has 0 N–H and O–H groups in total. The minimum absolute atomic E-state index is 0.689. The average molecular weight is 902 g/mol. The largest absolute Gasteiger partial charge is 0.456 e.